The number of hydrogen-bond donors (Lipinski definition) is 1. The SMILES string of the molecule is Nc1noc(-c2cc(Br)cc(Br)c2)c1-c1cccc(Br)c1. The number of nitrogens with zero attached hydrogens (tertiary/aromatic N) is 1. The summed E-state index contributed by atoms with van der Waals surface area (Å²) >= 11 is 10.4. The van der Waals surface area contributed by atoms with Gasteiger partial charge in [-0.3, -0.25) is 0 Å². The van der Waals surface area contributed by atoms with Crippen molar-refractivity contribution in [3.63, 3.8) is 0 Å². The Hall–Kier alpha value is -1.11. The summed E-state index contributed by atoms with van der Waals surface area (Å²) in [6, 6.07) is 13.8. The van der Waals surface area contributed by atoms with Crippen LogP contribution in [0.25, 0.3) is 22.5 Å². The minimum Gasteiger partial charge on any atom is -0.380 e. The molecule has 0 aliphatic rings. The summed E-state index contributed by atoms with van der Waals surface area (Å²) in [6.45, 7) is 0. The fourth-order valence-corrected chi connectivity index (χ4v) is 3.80. The number of halogens is 3. The number of rotatable bonds is 2. The van der Waals surface area contributed by atoms with Crippen LogP contribution in [0.15, 0.2) is 60.4 Å². The Kier molecular flexibility index (Phi) is 4.19. The van der Waals surface area contributed by atoms with Crippen LogP contribution < -0.4 is 5.73 Å². The smallest absolute Gasteiger partial charge is 0.176 e. The van der Waals surface area contributed by atoms with Crippen LogP contribution >= 0.6 is 47.8 Å². The van der Waals surface area contributed by atoms with E-state index in [0.29, 0.717) is 11.6 Å². The van der Waals surface area contributed by atoms with E-state index in [4.69, 9.17) is 10.3 Å². The molecule has 1 heterocycles. The molecule has 0 bridgehead atoms. The highest BCUT2D eigenvalue weighted by Crippen LogP contribution is 2.39. The second-order valence-corrected chi connectivity index (χ2v) is 7.19. The van der Waals surface area contributed by atoms with Gasteiger partial charge in [0.05, 0.1) is 5.56 Å². The molecule has 1 aromatic heterocycles. The summed E-state index contributed by atoms with van der Waals surface area (Å²) in [5.74, 6) is 1.02. The quantitative estimate of drug-likeness (QED) is 0.507. The molecule has 0 aliphatic carbocycles. The molecule has 2 aromatic carbocycles. The largest absolute Gasteiger partial charge is 0.380 e. The molecule has 0 unspecified atom stereocenters. The summed E-state index contributed by atoms with van der Waals surface area (Å²) in [5, 5.41) is 3.92. The van der Waals surface area contributed by atoms with Crippen LogP contribution in [0.4, 0.5) is 5.82 Å². The molecule has 2 N–H and O–H groups in total. The maximum absolute atomic E-state index is 5.99. The molecule has 106 valence electrons. The second kappa shape index (κ2) is 5.94. The van der Waals surface area contributed by atoms with Gasteiger partial charge in [-0.1, -0.05) is 65.1 Å². The molecule has 0 aliphatic heterocycles. The molecule has 0 saturated carbocycles. The van der Waals surface area contributed by atoms with Crippen molar-refractivity contribution < 1.29 is 4.52 Å². The average molecular weight is 473 g/mol. The number of hydrogen-bond acceptors (Lipinski definition) is 3. The molecule has 6 heteroatoms. The van der Waals surface area contributed by atoms with Crippen molar-refractivity contribution in [2.24, 2.45) is 0 Å². The lowest BCUT2D eigenvalue weighted by Crippen LogP contribution is -1.89. The molecule has 3 rings (SSSR count). The van der Waals surface area contributed by atoms with Gasteiger partial charge in [0.1, 0.15) is 0 Å². The number of anilines is 1. The van der Waals surface area contributed by atoms with Gasteiger partial charge in [0.15, 0.2) is 11.6 Å². The molecular weight excluding hydrogens is 464 g/mol. The zero-order valence-corrected chi connectivity index (χ0v) is 15.4. The van der Waals surface area contributed by atoms with E-state index in [9.17, 15) is 0 Å². The minimum atomic E-state index is 0.374. The van der Waals surface area contributed by atoms with Gasteiger partial charge in [-0.05, 0) is 35.9 Å². The third-order valence-corrected chi connectivity index (χ3v) is 4.37. The summed E-state index contributed by atoms with van der Waals surface area (Å²) in [7, 11) is 0. The maximum atomic E-state index is 5.99. The van der Waals surface area contributed by atoms with Crippen molar-refractivity contribution in [1.29, 1.82) is 0 Å². The lowest BCUT2D eigenvalue weighted by Gasteiger charge is -2.05. The van der Waals surface area contributed by atoms with E-state index in [1.165, 1.54) is 0 Å². The van der Waals surface area contributed by atoms with Crippen LogP contribution in [0.2, 0.25) is 0 Å². The first-order valence-corrected chi connectivity index (χ1v) is 8.40. The molecule has 0 atom stereocenters. The molecule has 21 heavy (non-hydrogen) atoms. The minimum absolute atomic E-state index is 0.374. The highest BCUT2D eigenvalue weighted by Gasteiger charge is 2.18. The number of nitrogen functional groups attached to an aromatic ring is 1. The van der Waals surface area contributed by atoms with Gasteiger partial charge in [-0.2, -0.15) is 0 Å². The number of benzene rings is 2. The van der Waals surface area contributed by atoms with Gasteiger partial charge in [-0.15, -0.1) is 0 Å². The zero-order chi connectivity index (χ0) is 15.0. The highest BCUT2D eigenvalue weighted by atomic mass is 79.9. The van der Waals surface area contributed by atoms with Gasteiger partial charge in [0.2, 0.25) is 0 Å². The lowest BCUT2D eigenvalue weighted by atomic mass is 10.0. The third kappa shape index (κ3) is 3.07. The molecule has 3 aromatic rings. The number of aromatic nitrogens is 1. The van der Waals surface area contributed by atoms with Crippen LogP contribution in [0.5, 0.6) is 0 Å². The Bertz CT molecular complexity index is 794. The summed E-state index contributed by atoms with van der Waals surface area (Å²) in [6.07, 6.45) is 0. The topological polar surface area (TPSA) is 52.0 Å². The first-order chi connectivity index (χ1) is 10.0. The Morgan fingerprint density at radius 3 is 2.19 bits per heavy atom. The van der Waals surface area contributed by atoms with Crippen molar-refractivity contribution in [2.75, 3.05) is 5.73 Å². The van der Waals surface area contributed by atoms with Gasteiger partial charge >= 0.3 is 0 Å². The summed E-state index contributed by atoms with van der Waals surface area (Å²) < 4.78 is 8.32. The van der Waals surface area contributed by atoms with E-state index in [2.05, 4.69) is 52.9 Å². The molecule has 0 spiro atoms. The predicted molar refractivity (Wildman–Crippen MR) is 94.9 cm³/mol. The zero-order valence-electron chi connectivity index (χ0n) is 10.6. The molecule has 0 fully saturated rings. The molecule has 0 saturated heterocycles. The fourth-order valence-electron chi connectivity index (χ4n) is 2.11. The van der Waals surface area contributed by atoms with Crippen molar-refractivity contribution in [2.45, 2.75) is 0 Å². The van der Waals surface area contributed by atoms with Gasteiger partial charge in [0.25, 0.3) is 0 Å². The summed E-state index contributed by atoms with van der Waals surface area (Å²) in [5.41, 5.74) is 8.64. The Balaban J connectivity index is 2.21. The monoisotopic (exact) mass is 470 g/mol. The molecule has 3 nitrogen and oxygen atoms in total. The predicted octanol–water partition coefficient (Wildman–Crippen LogP) is 5.88. The second-order valence-electron chi connectivity index (χ2n) is 4.44. The highest BCUT2D eigenvalue weighted by molar-refractivity contribution is 9.11. The van der Waals surface area contributed by atoms with E-state index in [1.54, 1.807) is 0 Å². The molecule has 0 amide bonds. The standard InChI is InChI=1S/C15H9Br3N2O/c16-10-3-1-2-8(4-10)13-14(21-20-15(13)19)9-5-11(17)7-12(18)6-9/h1-7H,(H2,19,20). The molecular formula is C15H9Br3N2O. The van der Waals surface area contributed by atoms with Crippen molar-refractivity contribution >= 4 is 53.6 Å². The number of nitrogens with two attached hydrogens (primary N) is 1. The summed E-state index contributed by atoms with van der Waals surface area (Å²) in [4.78, 5) is 0. The molecule has 0 radical (unpaired) electrons. The van der Waals surface area contributed by atoms with Crippen LogP contribution in [-0.4, -0.2) is 5.16 Å². The Morgan fingerprint density at radius 1 is 0.857 bits per heavy atom. The first-order valence-electron chi connectivity index (χ1n) is 6.02. The first kappa shape index (κ1) is 14.8. The fraction of sp³-hybridized carbons (Fsp3) is 0. The van der Waals surface area contributed by atoms with E-state index in [1.807, 2.05) is 42.5 Å². The van der Waals surface area contributed by atoms with E-state index in [-0.39, 0.29) is 0 Å². The van der Waals surface area contributed by atoms with Crippen molar-refractivity contribution in [3.05, 3.63) is 55.9 Å². The Morgan fingerprint density at radius 2 is 1.52 bits per heavy atom. The van der Waals surface area contributed by atoms with Crippen LogP contribution in [0, 0.1) is 0 Å². The van der Waals surface area contributed by atoms with Crippen molar-refractivity contribution in [1.82, 2.24) is 5.16 Å². The van der Waals surface area contributed by atoms with Gasteiger partial charge in [-0.25, -0.2) is 0 Å². The maximum Gasteiger partial charge on any atom is 0.176 e. The lowest BCUT2D eigenvalue weighted by molar-refractivity contribution is 0.436. The van der Waals surface area contributed by atoms with Crippen LogP contribution in [0.1, 0.15) is 0 Å². The van der Waals surface area contributed by atoms with Crippen molar-refractivity contribution in [3.8, 4) is 22.5 Å². The Labute approximate surface area is 146 Å². The van der Waals surface area contributed by atoms with Gasteiger partial charge < -0.3 is 10.3 Å². The third-order valence-electron chi connectivity index (χ3n) is 2.96. The normalized spacial score (nSPS) is 10.8. The van der Waals surface area contributed by atoms with E-state index < -0.39 is 0 Å². The van der Waals surface area contributed by atoms with Crippen LogP contribution in [-0.2, 0) is 0 Å². The van der Waals surface area contributed by atoms with Crippen LogP contribution in [0.3, 0.4) is 0 Å². The van der Waals surface area contributed by atoms with Gasteiger partial charge in [0, 0.05) is 19.0 Å². The van der Waals surface area contributed by atoms with E-state index >= 15 is 0 Å². The van der Waals surface area contributed by atoms with E-state index in [0.717, 1.165) is 30.1 Å². The average Bonchev–Trinajstić information content (AvgIpc) is 2.79.